The molecule has 0 unspecified atom stereocenters. The van der Waals surface area contributed by atoms with E-state index >= 15 is 0 Å². The molecule has 0 saturated carbocycles. The highest BCUT2D eigenvalue weighted by Crippen LogP contribution is 2.42. The molecule has 2 heterocycles. The van der Waals surface area contributed by atoms with Crippen LogP contribution in [0, 0.1) is 12.3 Å². The Kier molecular flexibility index (Phi) is 3.86. The molecule has 7 nitrogen and oxygen atoms in total. The van der Waals surface area contributed by atoms with Crippen LogP contribution in [0.25, 0.3) is 5.69 Å². The first-order valence-corrected chi connectivity index (χ1v) is 8.65. The molecule has 0 fully saturated rings. The Balaban J connectivity index is 1.65. The van der Waals surface area contributed by atoms with Crippen LogP contribution in [0.1, 0.15) is 53.8 Å². The molecule has 0 saturated heterocycles. The van der Waals surface area contributed by atoms with E-state index in [1.165, 1.54) is 11.0 Å². The lowest BCUT2D eigenvalue weighted by Gasteiger charge is -2.34. The van der Waals surface area contributed by atoms with Gasteiger partial charge in [0, 0.05) is 12.0 Å². The highest BCUT2D eigenvalue weighted by atomic mass is 16.3. The maximum Gasteiger partial charge on any atom is 0.253 e. The van der Waals surface area contributed by atoms with Crippen molar-refractivity contribution in [2.24, 2.45) is 5.41 Å². The van der Waals surface area contributed by atoms with E-state index in [-0.39, 0.29) is 17.4 Å². The minimum absolute atomic E-state index is 0.0601. The van der Waals surface area contributed by atoms with Crippen LogP contribution in [-0.2, 0) is 6.42 Å². The summed E-state index contributed by atoms with van der Waals surface area (Å²) in [5.41, 5.74) is 2.32. The van der Waals surface area contributed by atoms with Gasteiger partial charge in [-0.1, -0.05) is 26.0 Å². The number of aromatic nitrogens is 4. The van der Waals surface area contributed by atoms with Gasteiger partial charge in [-0.25, -0.2) is 0 Å². The number of hydrogen-bond acceptors (Lipinski definition) is 5. The zero-order valence-electron chi connectivity index (χ0n) is 15.1. The number of fused-ring (bicyclic) bond motifs is 1. The average molecular weight is 351 g/mol. The van der Waals surface area contributed by atoms with Crippen molar-refractivity contribution >= 4 is 5.91 Å². The number of benzene rings is 1. The summed E-state index contributed by atoms with van der Waals surface area (Å²) in [6.07, 6.45) is 3.22. The molecule has 0 bridgehead atoms. The minimum Gasteiger partial charge on any atom is -0.466 e. The Bertz CT molecular complexity index is 943. The maximum atomic E-state index is 13.0. The number of hydrogen-bond donors (Lipinski definition) is 1. The molecule has 3 aromatic rings. The number of nitrogens with zero attached hydrogens (tertiary/aromatic N) is 4. The second-order valence-electron chi connectivity index (χ2n) is 7.58. The SMILES string of the molecule is Cc1cc2c(o1)CC(C)(C)C[C@@H]2NC(=O)c1ccccc1-n1cnnn1. The van der Waals surface area contributed by atoms with Crippen LogP contribution in [0.15, 0.2) is 41.1 Å². The molecule has 0 radical (unpaired) electrons. The van der Waals surface area contributed by atoms with Gasteiger partial charge in [0.15, 0.2) is 0 Å². The van der Waals surface area contributed by atoms with Gasteiger partial charge in [-0.05, 0) is 47.4 Å². The number of furan rings is 1. The van der Waals surface area contributed by atoms with E-state index in [2.05, 4.69) is 34.7 Å². The first kappa shape index (κ1) is 16.5. The molecule has 1 N–H and O–H groups in total. The van der Waals surface area contributed by atoms with E-state index in [9.17, 15) is 4.79 Å². The number of aryl methyl sites for hydroxylation is 1. The largest absolute Gasteiger partial charge is 0.466 e. The van der Waals surface area contributed by atoms with Crippen molar-refractivity contribution in [1.82, 2.24) is 25.5 Å². The van der Waals surface area contributed by atoms with Gasteiger partial charge in [-0.15, -0.1) is 5.10 Å². The summed E-state index contributed by atoms with van der Waals surface area (Å²) in [6.45, 7) is 6.33. The molecule has 4 rings (SSSR count). The van der Waals surface area contributed by atoms with Gasteiger partial charge in [0.25, 0.3) is 5.91 Å². The second-order valence-corrected chi connectivity index (χ2v) is 7.58. The monoisotopic (exact) mass is 351 g/mol. The van der Waals surface area contributed by atoms with Gasteiger partial charge in [-0.2, -0.15) is 4.68 Å². The predicted molar refractivity (Wildman–Crippen MR) is 94.9 cm³/mol. The molecule has 26 heavy (non-hydrogen) atoms. The van der Waals surface area contributed by atoms with Crippen LogP contribution in [-0.4, -0.2) is 26.1 Å². The van der Waals surface area contributed by atoms with Crippen LogP contribution in [0.4, 0.5) is 0 Å². The molecule has 2 aromatic heterocycles. The zero-order valence-corrected chi connectivity index (χ0v) is 15.1. The molecule has 1 aliphatic rings. The van der Waals surface area contributed by atoms with Crippen LogP contribution >= 0.6 is 0 Å². The predicted octanol–water partition coefficient (Wildman–Crippen LogP) is 3.01. The van der Waals surface area contributed by atoms with Crippen LogP contribution in [0.5, 0.6) is 0 Å². The molecule has 1 amide bonds. The van der Waals surface area contributed by atoms with E-state index in [4.69, 9.17) is 4.42 Å². The molecule has 7 heteroatoms. The van der Waals surface area contributed by atoms with E-state index in [1.54, 1.807) is 6.07 Å². The summed E-state index contributed by atoms with van der Waals surface area (Å²) in [5.74, 6) is 1.70. The second kappa shape index (κ2) is 6.09. The van der Waals surface area contributed by atoms with Crippen molar-refractivity contribution in [2.75, 3.05) is 0 Å². The highest BCUT2D eigenvalue weighted by molar-refractivity contribution is 5.98. The summed E-state index contributed by atoms with van der Waals surface area (Å²) < 4.78 is 7.35. The van der Waals surface area contributed by atoms with Gasteiger partial charge in [0.1, 0.15) is 17.8 Å². The van der Waals surface area contributed by atoms with Gasteiger partial charge >= 0.3 is 0 Å². The van der Waals surface area contributed by atoms with Gasteiger partial charge in [0.2, 0.25) is 0 Å². The van der Waals surface area contributed by atoms with E-state index in [1.807, 2.05) is 31.2 Å². The van der Waals surface area contributed by atoms with Crippen molar-refractivity contribution in [3.63, 3.8) is 0 Å². The molecule has 1 aliphatic carbocycles. The molecule has 0 aliphatic heterocycles. The van der Waals surface area contributed by atoms with Crippen molar-refractivity contribution in [3.05, 3.63) is 59.3 Å². The van der Waals surface area contributed by atoms with E-state index in [0.717, 1.165) is 29.9 Å². The third-order valence-corrected chi connectivity index (χ3v) is 4.79. The molecule has 1 aromatic carbocycles. The fraction of sp³-hybridized carbons (Fsp3) is 0.368. The van der Waals surface area contributed by atoms with Crippen molar-refractivity contribution in [3.8, 4) is 5.69 Å². The van der Waals surface area contributed by atoms with Gasteiger partial charge in [0.05, 0.1) is 17.3 Å². The lowest BCUT2D eigenvalue weighted by molar-refractivity contribution is 0.0917. The Morgan fingerprint density at radius 1 is 1.35 bits per heavy atom. The number of para-hydroxylation sites is 1. The molecular weight excluding hydrogens is 330 g/mol. The number of carbonyl (C=O) groups excluding carboxylic acids is 1. The van der Waals surface area contributed by atoms with Crippen LogP contribution in [0.3, 0.4) is 0 Å². The molecular formula is C19H21N5O2. The number of carbonyl (C=O) groups is 1. The third-order valence-electron chi connectivity index (χ3n) is 4.79. The lowest BCUT2D eigenvalue weighted by Crippen LogP contribution is -2.36. The normalized spacial score (nSPS) is 18.3. The summed E-state index contributed by atoms with van der Waals surface area (Å²) in [4.78, 5) is 13.0. The summed E-state index contributed by atoms with van der Waals surface area (Å²) in [6, 6.07) is 9.24. The van der Waals surface area contributed by atoms with Crippen molar-refractivity contribution in [2.45, 2.75) is 39.7 Å². The fourth-order valence-corrected chi connectivity index (χ4v) is 3.69. The number of nitrogens with one attached hydrogen (secondary N) is 1. The summed E-state index contributed by atoms with van der Waals surface area (Å²) in [7, 11) is 0. The third kappa shape index (κ3) is 3.00. The van der Waals surface area contributed by atoms with Crippen molar-refractivity contribution in [1.29, 1.82) is 0 Å². The first-order valence-electron chi connectivity index (χ1n) is 8.65. The minimum atomic E-state index is -0.149. The van der Waals surface area contributed by atoms with Crippen molar-refractivity contribution < 1.29 is 9.21 Å². The highest BCUT2D eigenvalue weighted by Gasteiger charge is 2.35. The number of amides is 1. The number of rotatable bonds is 3. The smallest absolute Gasteiger partial charge is 0.253 e. The fourth-order valence-electron chi connectivity index (χ4n) is 3.69. The standard InChI is InChI=1S/C19H21N5O2/c1-12-8-14-15(9-19(2,3)10-17(14)26-12)21-18(25)13-6-4-5-7-16(13)24-11-20-22-23-24/h4-8,11,15H,9-10H2,1-3H3,(H,21,25)/t15-/m0/s1. The van der Waals surface area contributed by atoms with Gasteiger partial charge < -0.3 is 9.73 Å². The van der Waals surface area contributed by atoms with E-state index < -0.39 is 0 Å². The van der Waals surface area contributed by atoms with E-state index in [0.29, 0.717) is 11.3 Å². The first-order chi connectivity index (χ1) is 12.4. The lowest BCUT2D eigenvalue weighted by atomic mass is 9.74. The van der Waals surface area contributed by atoms with Gasteiger partial charge in [-0.3, -0.25) is 4.79 Å². The summed E-state index contributed by atoms with van der Waals surface area (Å²) in [5, 5.41) is 14.4. The summed E-state index contributed by atoms with van der Waals surface area (Å²) >= 11 is 0. The topological polar surface area (TPSA) is 85.8 Å². The van der Waals surface area contributed by atoms with Crippen LogP contribution < -0.4 is 5.32 Å². The Morgan fingerprint density at radius 2 is 2.15 bits per heavy atom. The average Bonchev–Trinajstić information content (AvgIpc) is 3.23. The zero-order chi connectivity index (χ0) is 18.3. The Morgan fingerprint density at radius 3 is 2.92 bits per heavy atom. The molecule has 0 spiro atoms. The maximum absolute atomic E-state index is 13.0. The molecule has 1 atom stereocenters. The number of tetrazole rings is 1. The van der Waals surface area contributed by atoms with Crippen LogP contribution in [0.2, 0.25) is 0 Å². The molecule has 134 valence electrons. The quantitative estimate of drug-likeness (QED) is 0.784. The Labute approximate surface area is 151 Å². The Hall–Kier alpha value is -2.96.